The predicted molar refractivity (Wildman–Crippen MR) is 65.5 cm³/mol. The summed E-state index contributed by atoms with van der Waals surface area (Å²) in [5.41, 5.74) is 6.08. The van der Waals surface area contributed by atoms with Gasteiger partial charge >= 0.3 is 5.97 Å². The molecule has 0 saturated carbocycles. The number of nitrogens with two attached hydrogens (primary N) is 1. The molecule has 2 N–H and O–H groups in total. The van der Waals surface area contributed by atoms with Crippen LogP contribution in [0.15, 0.2) is 30.3 Å². The number of carbonyl (C=O) groups is 2. The Morgan fingerprint density at radius 2 is 1.89 bits per heavy atom. The zero-order valence-corrected chi connectivity index (χ0v) is 10.3. The van der Waals surface area contributed by atoms with Gasteiger partial charge in [-0.15, -0.1) is 0 Å². The van der Waals surface area contributed by atoms with Gasteiger partial charge in [-0.3, -0.25) is 9.59 Å². The molecule has 0 unspecified atom stereocenters. The van der Waals surface area contributed by atoms with Crippen molar-refractivity contribution in [2.45, 2.75) is 25.6 Å². The average Bonchev–Trinajstić information content (AvgIpc) is 2.36. The minimum atomic E-state index is -0.546. The van der Waals surface area contributed by atoms with Gasteiger partial charge in [0.05, 0.1) is 32.7 Å². The lowest BCUT2D eigenvalue weighted by atomic mass is 10.1. The van der Waals surface area contributed by atoms with Crippen molar-refractivity contribution in [2.24, 2.45) is 5.73 Å². The third kappa shape index (κ3) is 5.45. The first kappa shape index (κ1) is 14.2. The maximum atomic E-state index is 11.2. The normalized spacial score (nSPS) is 11.8. The fraction of sp³-hybridized carbons (Fsp3) is 0.385. The maximum Gasteiger partial charge on any atom is 0.308 e. The first-order valence-corrected chi connectivity index (χ1v) is 5.62. The molecule has 1 aromatic carbocycles. The quantitative estimate of drug-likeness (QED) is 0.733. The molecule has 5 nitrogen and oxygen atoms in total. The van der Waals surface area contributed by atoms with Crippen molar-refractivity contribution >= 4 is 11.9 Å². The molecule has 5 heteroatoms. The van der Waals surface area contributed by atoms with Gasteiger partial charge in [0.15, 0.2) is 0 Å². The summed E-state index contributed by atoms with van der Waals surface area (Å²) in [6.07, 6.45) is -0.524. The number of benzene rings is 1. The zero-order chi connectivity index (χ0) is 13.4. The van der Waals surface area contributed by atoms with Crippen LogP contribution in [0.25, 0.3) is 0 Å². The molecule has 0 heterocycles. The van der Waals surface area contributed by atoms with Crippen molar-refractivity contribution in [3.8, 4) is 0 Å². The van der Waals surface area contributed by atoms with E-state index in [0.717, 1.165) is 5.56 Å². The summed E-state index contributed by atoms with van der Waals surface area (Å²) >= 11 is 0. The zero-order valence-electron chi connectivity index (χ0n) is 10.3. The molecule has 1 aromatic rings. The molecule has 1 amide bonds. The molecule has 0 aromatic heterocycles. The molecule has 98 valence electrons. The van der Waals surface area contributed by atoms with Crippen LogP contribution in [-0.4, -0.2) is 25.1 Å². The van der Waals surface area contributed by atoms with Crippen molar-refractivity contribution in [1.29, 1.82) is 0 Å². The highest BCUT2D eigenvalue weighted by molar-refractivity contribution is 5.76. The highest BCUT2D eigenvalue weighted by atomic mass is 16.5. The van der Waals surface area contributed by atoms with Crippen LogP contribution in [-0.2, 0) is 25.7 Å². The van der Waals surface area contributed by atoms with Crippen molar-refractivity contribution in [3.05, 3.63) is 35.9 Å². The largest absolute Gasteiger partial charge is 0.469 e. The van der Waals surface area contributed by atoms with Gasteiger partial charge in [-0.05, 0) is 5.56 Å². The average molecular weight is 251 g/mol. The molecule has 0 bridgehead atoms. The van der Waals surface area contributed by atoms with Gasteiger partial charge in [-0.1, -0.05) is 30.3 Å². The van der Waals surface area contributed by atoms with Crippen molar-refractivity contribution in [2.75, 3.05) is 7.11 Å². The lowest BCUT2D eigenvalue weighted by Crippen LogP contribution is -2.25. The van der Waals surface area contributed by atoms with Crippen LogP contribution in [0.5, 0.6) is 0 Å². The Morgan fingerprint density at radius 1 is 1.22 bits per heavy atom. The Morgan fingerprint density at radius 3 is 2.44 bits per heavy atom. The molecular formula is C13H17NO4. The van der Waals surface area contributed by atoms with Gasteiger partial charge in [0.1, 0.15) is 0 Å². The molecule has 0 fully saturated rings. The van der Waals surface area contributed by atoms with Crippen LogP contribution in [0.1, 0.15) is 18.4 Å². The van der Waals surface area contributed by atoms with Gasteiger partial charge in [0.2, 0.25) is 5.91 Å². The Balaban J connectivity index is 2.50. The second-order valence-electron chi connectivity index (χ2n) is 3.87. The number of amides is 1. The Hall–Kier alpha value is -1.88. The molecule has 18 heavy (non-hydrogen) atoms. The van der Waals surface area contributed by atoms with Crippen molar-refractivity contribution < 1.29 is 19.1 Å². The molecule has 1 rings (SSSR count). The van der Waals surface area contributed by atoms with E-state index in [1.54, 1.807) is 0 Å². The van der Waals surface area contributed by atoms with Gasteiger partial charge in [0, 0.05) is 0 Å². The maximum absolute atomic E-state index is 11.2. The lowest BCUT2D eigenvalue weighted by molar-refractivity contribution is -0.144. The van der Waals surface area contributed by atoms with E-state index in [2.05, 4.69) is 4.74 Å². The summed E-state index contributed by atoms with van der Waals surface area (Å²) in [6, 6.07) is 9.49. The molecule has 0 spiro atoms. The van der Waals surface area contributed by atoms with Gasteiger partial charge in [-0.25, -0.2) is 0 Å². The lowest BCUT2D eigenvalue weighted by Gasteiger charge is -2.15. The van der Waals surface area contributed by atoms with Crippen LogP contribution >= 0.6 is 0 Å². The van der Waals surface area contributed by atoms with E-state index in [1.165, 1.54) is 7.11 Å². The first-order valence-electron chi connectivity index (χ1n) is 5.62. The predicted octanol–water partition coefficient (Wildman–Crippen LogP) is 1.01. The second kappa shape index (κ2) is 7.45. The van der Waals surface area contributed by atoms with Crippen LogP contribution in [0.2, 0.25) is 0 Å². The fourth-order valence-electron chi connectivity index (χ4n) is 1.47. The summed E-state index contributed by atoms with van der Waals surface area (Å²) < 4.78 is 10.1. The number of hydrogen-bond acceptors (Lipinski definition) is 4. The monoisotopic (exact) mass is 251 g/mol. The minimum absolute atomic E-state index is 0.00192. The number of ether oxygens (including phenoxy) is 2. The molecule has 0 aliphatic carbocycles. The molecule has 0 aliphatic rings. The number of primary amides is 1. The Bertz CT molecular complexity index is 391. The van der Waals surface area contributed by atoms with E-state index in [-0.39, 0.29) is 12.8 Å². The van der Waals surface area contributed by atoms with E-state index >= 15 is 0 Å². The summed E-state index contributed by atoms with van der Waals surface area (Å²) in [6.45, 7) is 0.329. The number of hydrogen-bond donors (Lipinski definition) is 1. The SMILES string of the molecule is COC(=O)C[C@H](CC(N)=O)OCc1ccccc1. The number of rotatable bonds is 7. The van der Waals surface area contributed by atoms with Crippen molar-refractivity contribution in [1.82, 2.24) is 0 Å². The van der Waals surface area contributed by atoms with E-state index in [1.807, 2.05) is 30.3 Å². The first-order chi connectivity index (χ1) is 8.61. The molecular weight excluding hydrogens is 234 g/mol. The van der Waals surface area contributed by atoms with E-state index in [4.69, 9.17) is 10.5 Å². The summed E-state index contributed by atoms with van der Waals surface area (Å²) in [5.74, 6) is -0.925. The second-order valence-corrected chi connectivity index (χ2v) is 3.87. The van der Waals surface area contributed by atoms with Crippen LogP contribution < -0.4 is 5.73 Å². The summed E-state index contributed by atoms with van der Waals surface area (Å²) in [4.78, 5) is 22.0. The molecule has 0 aliphatic heterocycles. The Labute approximate surface area is 106 Å². The van der Waals surface area contributed by atoms with Gasteiger partial charge < -0.3 is 15.2 Å². The number of esters is 1. The smallest absolute Gasteiger partial charge is 0.308 e. The van der Waals surface area contributed by atoms with E-state index < -0.39 is 18.0 Å². The summed E-state index contributed by atoms with van der Waals surface area (Å²) in [7, 11) is 1.29. The fourth-order valence-corrected chi connectivity index (χ4v) is 1.47. The molecule has 1 atom stereocenters. The third-order valence-electron chi connectivity index (χ3n) is 2.38. The van der Waals surface area contributed by atoms with E-state index in [0.29, 0.717) is 6.61 Å². The van der Waals surface area contributed by atoms with Gasteiger partial charge in [-0.2, -0.15) is 0 Å². The van der Waals surface area contributed by atoms with Gasteiger partial charge in [0.25, 0.3) is 0 Å². The Kier molecular flexibility index (Phi) is 5.87. The topological polar surface area (TPSA) is 78.6 Å². The van der Waals surface area contributed by atoms with Crippen LogP contribution in [0, 0.1) is 0 Å². The highest BCUT2D eigenvalue weighted by Gasteiger charge is 2.17. The highest BCUT2D eigenvalue weighted by Crippen LogP contribution is 2.09. The van der Waals surface area contributed by atoms with E-state index in [9.17, 15) is 9.59 Å². The van der Waals surface area contributed by atoms with Crippen molar-refractivity contribution in [3.63, 3.8) is 0 Å². The minimum Gasteiger partial charge on any atom is -0.469 e. The molecule has 0 saturated heterocycles. The standard InChI is InChI=1S/C13H17NO4/c1-17-13(16)8-11(7-12(14)15)18-9-10-5-3-2-4-6-10/h2-6,11H,7-9H2,1H3,(H2,14,15)/t11-/m0/s1. The van der Waals surface area contributed by atoms with Crippen LogP contribution in [0.4, 0.5) is 0 Å². The number of methoxy groups -OCH3 is 1. The van der Waals surface area contributed by atoms with Crippen LogP contribution in [0.3, 0.4) is 0 Å². The third-order valence-corrected chi connectivity index (χ3v) is 2.38. The summed E-state index contributed by atoms with van der Waals surface area (Å²) in [5, 5.41) is 0. The number of carbonyl (C=O) groups excluding carboxylic acids is 2. The molecule has 0 radical (unpaired) electrons.